The van der Waals surface area contributed by atoms with Gasteiger partial charge in [-0.25, -0.2) is 9.67 Å². The van der Waals surface area contributed by atoms with Gasteiger partial charge in [0.2, 0.25) is 5.91 Å². The Balaban J connectivity index is 1.40. The van der Waals surface area contributed by atoms with Crippen LogP contribution in [0.1, 0.15) is 5.69 Å². The molecule has 0 unspecified atom stereocenters. The van der Waals surface area contributed by atoms with Gasteiger partial charge in [-0.05, 0) is 43.3 Å². The van der Waals surface area contributed by atoms with Crippen LogP contribution in [-0.4, -0.2) is 30.6 Å². The highest BCUT2D eigenvalue weighted by Crippen LogP contribution is 2.28. The molecule has 0 radical (unpaired) electrons. The topological polar surface area (TPSA) is 73.8 Å². The lowest BCUT2D eigenvalue weighted by atomic mass is 10.3. The number of hydrogen-bond acceptors (Lipinski definition) is 4. The van der Waals surface area contributed by atoms with Crippen LogP contribution in [0.25, 0.3) is 22.4 Å². The number of carbonyl (C=O) groups is 1. The van der Waals surface area contributed by atoms with Crippen LogP contribution in [-0.2, 0) is 11.8 Å². The van der Waals surface area contributed by atoms with E-state index in [-0.39, 0.29) is 22.9 Å². The first kappa shape index (κ1) is 21.8. The van der Waals surface area contributed by atoms with E-state index in [1.807, 2.05) is 96.4 Å². The predicted molar refractivity (Wildman–Crippen MR) is 136 cm³/mol. The van der Waals surface area contributed by atoms with Gasteiger partial charge in [-0.15, -0.1) is 0 Å². The number of aromatic nitrogens is 4. The van der Waals surface area contributed by atoms with Crippen LogP contribution < -0.4 is 10.9 Å². The van der Waals surface area contributed by atoms with Crippen molar-refractivity contribution in [2.45, 2.75) is 12.1 Å². The highest BCUT2D eigenvalue weighted by Gasteiger charge is 2.19. The summed E-state index contributed by atoms with van der Waals surface area (Å²) in [6.07, 6.45) is 0. The molecular weight excluding hydrogens is 446 g/mol. The maximum atomic E-state index is 13.1. The SMILES string of the molecule is Cc1c(NC(=O)CSc2nc3ccccc3n2-c2ccccc2)c(=O)n(-c2ccccc2)n1C. The molecule has 8 heteroatoms. The summed E-state index contributed by atoms with van der Waals surface area (Å²) in [6, 6.07) is 27.2. The maximum Gasteiger partial charge on any atom is 0.295 e. The van der Waals surface area contributed by atoms with E-state index in [4.69, 9.17) is 4.98 Å². The van der Waals surface area contributed by atoms with Crippen molar-refractivity contribution in [3.63, 3.8) is 0 Å². The lowest BCUT2D eigenvalue weighted by Crippen LogP contribution is -2.23. The number of hydrogen-bond donors (Lipinski definition) is 1. The Kier molecular flexibility index (Phi) is 5.81. The van der Waals surface area contributed by atoms with E-state index in [0.29, 0.717) is 10.9 Å². The molecule has 0 saturated heterocycles. The summed E-state index contributed by atoms with van der Waals surface area (Å²) < 4.78 is 5.34. The Morgan fingerprint density at radius 1 is 0.912 bits per heavy atom. The Bertz CT molecular complexity index is 1530. The van der Waals surface area contributed by atoms with E-state index in [1.54, 1.807) is 16.4 Å². The van der Waals surface area contributed by atoms with E-state index in [9.17, 15) is 9.59 Å². The quantitative estimate of drug-likeness (QED) is 0.370. The number of para-hydroxylation sites is 4. The molecule has 2 heterocycles. The zero-order chi connectivity index (χ0) is 23.7. The van der Waals surface area contributed by atoms with Gasteiger partial charge in [0.1, 0.15) is 5.69 Å². The maximum absolute atomic E-state index is 13.1. The van der Waals surface area contributed by atoms with E-state index in [1.165, 1.54) is 11.8 Å². The summed E-state index contributed by atoms with van der Waals surface area (Å²) in [5.74, 6) is -0.141. The second-order valence-electron chi connectivity index (χ2n) is 7.83. The second kappa shape index (κ2) is 9.07. The number of anilines is 1. The number of carbonyl (C=O) groups excluding carboxylic acids is 1. The molecule has 0 atom stereocenters. The summed E-state index contributed by atoms with van der Waals surface area (Å²) >= 11 is 1.34. The Hall–Kier alpha value is -4.04. The van der Waals surface area contributed by atoms with Gasteiger partial charge in [0.25, 0.3) is 5.56 Å². The molecule has 0 fully saturated rings. The zero-order valence-electron chi connectivity index (χ0n) is 18.8. The number of nitrogens with zero attached hydrogens (tertiary/aromatic N) is 4. The molecule has 0 bridgehead atoms. The number of amides is 1. The first-order valence-corrected chi connectivity index (χ1v) is 11.8. The summed E-state index contributed by atoms with van der Waals surface area (Å²) in [5.41, 5.74) is 4.26. The largest absolute Gasteiger partial charge is 0.319 e. The van der Waals surface area contributed by atoms with Crippen LogP contribution in [0, 0.1) is 6.92 Å². The molecule has 5 rings (SSSR count). The van der Waals surface area contributed by atoms with Gasteiger partial charge in [-0.3, -0.25) is 18.8 Å². The molecule has 1 N–H and O–H groups in total. The highest BCUT2D eigenvalue weighted by molar-refractivity contribution is 7.99. The van der Waals surface area contributed by atoms with E-state index < -0.39 is 0 Å². The molecule has 1 amide bonds. The standard InChI is InChI=1S/C26H23N5O2S/c1-18-24(25(33)31(29(18)2)20-13-7-4-8-14-20)28-23(32)17-34-26-27-21-15-9-10-16-22(21)30(26)19-11-5-3-6-12-19/h3-16H,17H2,1-2H3,(H,28,32). The van der Waals surface area contributed by atoms with Crippen molar-refractivity contribution < 1.29 is 4.79 Å². The number of fused-ring (bicyclic) bond motifs is 1. The predicted octanol–water partition coefficient (Wildman–Crippen LogP) is 4.55. The molecule has 0 aliphatic heterocycles. The van der Waals surface area contributed by atoms with Gasteiger partial charge in [-0.1, -0.05) is 60.3 Å². The molecular formula is C26H23N5O2S. The van der Waals surface area contributed by atoms with Crippen LogP contribution in [0.15, 0.2) is 94.9 Å². The van der Waals surface area contributed by atoms with Gasteiger partial charge >= 0.3 is 0 Å². The fraction of sp³-hybridized carbons (Fsp3) is 0.115. The van der Waals surface area contributed by atoms with E-state index in [0.717, 1.165) is 22.4 Å². The first-order chi connectivity index (χ1) is 16.5. The molecule has 2 aromatic heterocycles. The van der Waals surface area contributed by atoms with Crippen molar-refractivity contribution in [2.75, 3.05) is 11.1 Å². The van der Waals surface area contributed by atoms with Crippen LogP contribution >= 0.6 is 11.8 Å². The van der Waals surface area contributed by atoms with Crippen LogP contribution in [0.2, 0.25) is 0 Å². The summed E-state index contributed by atoms with van der Waals surface area (Å²) in [5, 5.41) is 3.54. The van der Waals surface area contributed by atoms with Crippen molar-refractivity contribution in [3.8, 4) is 11.4 Å². The number of imidazole rings is 1. The van der Waals surface area contributed by atoms with Gasteiger partial charge in [0, 0.05) is 12.7 Å². The van der Waals surface area contributed by atoms with Gasteiger partial charge in [0.15, 0.2) is 5.16 Å². The zero-order valence-corrected chi connectivity index (χ0v) is 19.6. The monoisotopic (exact) mass is 469 g/mol. The number of nitrogens with one attached hydrogen (secondary N) is 1. The Labute approximate surface area is 200 Å². The van der Waals surface area contributed by atoms with Crippen LogP contribution in [0.4, 0.5) is 5.69 Å². The van der Waals surface area contributed by atoms with E-state index >= 15 is 0 Å². The van der Waals surface area contributed by atoms with Crippen molar-refractivity contribution in [1.82, 2.24) is 18.9 Å². The minimum absolute atomic E-state index is 0.120. The molecule has 0 spiro atoms. The molecule has 7 nitrogen and oxygen atoms in total. The van der Waals surface area contributed by atoms with Crippen molar-refractivity contribution >= 4 is 34.4 Å². The van der Waals surface area contributed by atoms with Crippen molar-refractivity contribution in [3.05, 3.63) is 101 Å². The lowest BCUT2D eigenvalue weighted by molar-refractivity contribution is -0.113. The number of benzene rings is 3. The molecule has 0 saturated carbocycles. The molecule has 0 aliphatic rings. The number of thioether (sulfide) groups is 1. The van der Waals surface area contributed by atoms with Gasteiger partial charge < -0.3 is 5.32 Å². The first-order valence-electron chi connectivity index (χ1n) is 10.8. The summed E-state index contributed by atoms with van der Waals surface area (Å²) in [7, 11) is 1.80. The minimum atomic E-state index is -0.263. The van der Waals surface area contributed by atoms with Crippen LogP contribution in [0.3, 0.4) is 0 Å². The van der Waals surface area contributed by atoms with Crippen molar-refractivity contribution in [1.29, 1.82) is 0 Å². The van der Waals surface area contributed by atoms with Crippen LogP contribution in [0.5, 0.6) is 0 Å². The molecule has 34 heavy (non-hydrogen) atoms. The highest BCUT2D eigenvalue weighted by atomic mass is 32.2. The van der Waals surface area contributed by atoms with Crippen molar-refractivity contribution in [2.24, 2.45) is 7.05 Å². The Morgan fingerprint density at radius 3 is 2.24 bits per heavy atom. The third kappa shape index (κ3) is 3.92. The van der Waals surface area contributed by atoms with Gasteiger partial charge in [-0.2, -0.15) is 0 Å². The molecule has 3 aromatic carbocycles. The van der Waals surface area contributed by atoms with E-state index in [2.05, 4.69) is 5.32 Å². The molecule has 170 valence electrons. The molecule has 5 aromatic rings. The average Bonchev–Trinajstić information content (AvgIpc) is 3.34. The fourth-order valence-corrected chi connectivity index (χ4v) is 4.77. The smallest absolute Gasteiger partial charge is 0.295 e. The average molecular weight is 470 g/mol. The number of rotatable bonds is 6. The summed E-state index contributed by atoms with van der Waals surface area (Å²) in [6.45, 7) is 1.82. The third-order valence-corrected chi connectivity index (χ3v) is 6.63. The minimum Gasteiger partial charge on any atom is -0.319 e. The lowest BCUT2D eigenvalue weighted by Gasteiger charge is -2.09. The summed E-state index contributed by atoms with van der Waals surface area (Å²) in [4.78, 5) is 30.7. The fourth-order valence-electron chi connectivity index (χ4n) is 3.95. The normalized spacial score (nSPS) is 11.1. The Morgan fingerprint density at radius 2 is 1.53 bits per heavy atom. The molecule has 0 aliphatic carbocycles. The second-order valence-corrected chi connectivity index (χ2v) is 8.77. The van der Waals surface area contributed by atoms with Gasteiger partial charge in [0.05, 0.1) is 28.2 Å². The third-order valence-electron chi connectivity index (χ3n) is 5.70.